The molecule has 0 unspecified atom stereocenters. The largest absolute Gasteiger partial charge is 0.388 e. The molecule has 0 spiro atoms. The van der Waals surface area contributed by atoms with Gasteiger partial charge in [-0.05, 0) is 44.1 Å². The zero-order chi connectivity index (χ0) is 13.4. The number of rotatable bonds is 7. The molecule has 1 nitrogen and oxygen atoms in total. The molecule has 0 aromatic heterocycles. The highest BCUT2D eigenvalue weighted by Gasteiger charge is 2.09. The van der Waals surface area contributed by atoms with E-state index in [1.54, 1.807) is 0 Å². The van der Waals surface area contributed by atoms with Crippen molar-refractivity contribution >= 4 is 0 Å². The Kier molecular flexibility index (Phi) is 6.85. The quantitative estimate of drug-likeness (QED) is 0.626. The van der Waals surface area contributed by atoms with Crippen LogP contribution < -0.4 is 5.32 Å². The Bertz CT molecular complexity index is 317. The summed E-state index contributed by atoms with van der Waals surface area (Å²) in [6, 6.07) is 0. The predicted molar refractivity (Wildman–Crippen MR) is 81.5 cm³/mol. The third-order valence-electron chi connectivity index (χ3n) is 3.79. The van der Waals surface area contributed by atoms with Crippen molar-refractivity contribution in [3.05, 3.63) is 35.6 Å². The van der Waals surface area contributed by atoms with Crippen LogP contribution in [0.2, 0.25) is 0 Å². The van der Waals surface area contributed by atoms with E-state index < -0.39 is 0 Å². The van der Waals surface area contributed by atoms with Crippen molar-refractivity contribution in [3.8, 4) is 0 Å². The first-order valence-electron chi connectivity index (χ1n) is 7.49. The molecule has 0 amide bonds. The van der Waals surface area contributed by atoms with Gasteiger partial charge in [-0.1, -0.05) is 51.0 Å². The summed E-state index contributed by atoms with van der Waals surface area (Å²) >= 11 is 0. The van der Waals surface area contributed by atoms with Crippen LogP contribution in [0.25, 0.3) is 0 Å². The standard InChI is InChI=1S/C17H29N/c1-5-8-16(9-6-2)14(3)11-12-17-10-7-13-18-15(17)4/h11-12,16,18H,3,5-10,13H2,1-2,4H3/b12-11-. The molecule has 1 heterocycles. The van der Waals surface area contributed by atoms with Crippen LogP contribution in [-0.2, 0) is 0 Å². The highest BCUT2D eigenvalue weighted by molar-refractivity contribution is 5.31. The normalized spacial score (nSPS) is 16.4. The summed E-state index contributed by atoms with van der Waals surface area (Å²) in [5.41, 5.74) is 4.10. The lowest BCUT2D eigenvalue weighted by Crippen LogP contribution is -2.19. The van der Waals surface area contributed by atoms with Crippen molar-refractivity contribution in [3.63, 3.8) is 0 Å². The van der Waals surface area contributed by atoms with Gasteiger partial charge in [-0.15, -0.1) is 0 Å². The Morgan fingerprint density at radius 3 is 2.56 bits per heavy atom. The maximum Gasteiger partial charge on any atom is 0.0147 e. The van der Waals surface area contributed by atoms with E-state index in [0.717, 1.165) is 6.54 Å². The van der Waals surface area contributed by atoms with E-state index >= 15 is 0 Å². The first-order valence-corrected chi connectivity index (χ1v) is 7.49. The second-order valence-electron chi connectivity index (χ2n) is 5.36. The Morgan fingerprint density at radius 1 is 1.33 bits per heavy atom. The monoisotopic (exact) mass is 247 g/mol. The second kappa shape index (κ2) is 8.18. The molecule has 18 heavy (non-hydrogen) atoms. The minimum Gasteiger partial charge on any atom is -0.388 e. The molecule has 1 aliphatic heterocycles. The topological polar surface area (TPSA) is 12.0 Å². The molecule has 102 valence electrons. The summed E-state index contributed by atoms with van der Waals surface area (Å²) in [4.78, 5) is 0. The van der Waals surface area contributed by atoms with Crippen molar-refractivity contribution in [1.29, 1.82) is 0 Å². The fourth-order valence-corrected chi connectivity index (χ4v) is 2.62. The molecule has 1 N–H and O–H groups in total. The molecule has 0 atom stereocenters. The molecule has 1 aliphatic rings. The van der Waals surface area contributed by atoms with Crippen molar-refractivity contribution in [2.75, 3.05) is 6.54 Å². The molecule has 0 bridgehead atoms. The van der Waals surface area contributed by atoms with Gasteiger partial charge in [0.1, 0.15) is 0 Å². The first-order chi connectivity index (χ1) is 8.69. The average molecular weight is 247 g/mol. The fraction of sp³-hybridized carbons (Fsp3) is 0.647. The van der Waals surface area contributed by atoms with E-state index in [4.69, 9.17) is 0 Å². The van der Waals surface area contributed by atoms with E-state index in [1.165, 1.54) is 55.4 Å². The molecule has 0 aromatic rings. The predicted octanol–water partition coefficient (Wildman–Crippen LogP) is 4.97. The third kappa shape index (κ3) is 4.72. The maximum absolute atomic E-state index is 4.27. The highest BCUT2D eigenvalue weighted by Crippen LogP contribution is 2.24. The summed E-state index contributed by atoms with van der Waals surface area (Å²) in [7, 11) is 0. The molecular weight excluding hydrogens is 218 g/mol. The lowest BCUT2D eigenvalue weighted by Gasteiger charge is -2.18. The lowest BCUT2D eigenvalue weighted by atomic mass is 9.90. The van der Waals surface area contributed by atoms with Crippen LogP contribution in [0.15, 0.2) is 35.6 Å². The second-order valence-corrected chi connectivity index (χ2v) is 5.36. The number of nitrogens with one attached hydrogen (secondary N) is 1. The minimum atomic E-state index is 0.675. The van der Waals surface area contributed by atoms with E-state index in [0.29, 0.717) is 5.92 Å². The molecule has 0 radical (unpaired) electrons. The average Bonchev–Trinajstić information content (AvgIpc) is 2.37. The Morgan fingerprint density at radius 2 is 2.00 bits per heavy atom. The molecular formula is C17H29N. The van der Waals surface area contributed by atoms with E-state index in [2.05, 4.69) is 44.8 Å². The fourth-order valence-electron chi connectivity index (χ4n) is 2.62. The molecule has 0 saturated carbocycles. The summed E-state index contributed by atoms with van der Waals surface area (Å²) in [6.45, 7) is 12.1. The maximum atomic E-state index is 4.27. The molecule has 0 aromatic carbocycles. The van der Waals surface area contributed by atoms with Crippen LogP contribution in [0, 0.1) is 5.92 Å². The van der Waals surface area contributed by atoms with Gasteiger partial charge in [0.15, 0.2) is 0 Å². The van der Waals surface area contributed by atoms with Crippen molar-refractivity contribution in [1.82, 2.24) is 5.32 Å². The van der Waals surface area contributed by atoms with E-state index in [1.807, 2.05) is 0 Å². The summed E-state index contributed by atoms with van der Waals surface area (Å²) in [6.07, 6.45) is 12.0. The minimum absolute atomic E-state index is 0.675. The summed E-state index contributed by atoms with van der Waals surface area (Å²) < 4.78 is 0. The van der Waals surface area contributed by atoms with Crippen LogP contribution >= 0.6 is 0 Å². The van der Waals surface area contributed by atoms with Crippen LogP contribution in [0.4, 0.5) is 0 Å². The zero-order valence-corrected chi connectivity index (χ0v) is 12.4. The van der Waals surface area contributed by atoms with Gasteiger partial charge < -0.3 is 5.32 Å². The van der Waals surface area contributed by atoms with Crippen molar-refractivity contribution in [2.24, 2.45) is 5.92 Å². The molecule has 0 fully saturated rings. The third-order valence-corrected chi connectivity index (χ3v) is 3.79. The first kappa shape index (κ1) is 15.1. The highest BCUT2D eigenvalue weighted by atomic mass is 14.9. The van der Waals surface area contributed by atoms with Gasteiger partial charge in [0.05, 0.1) is 0 Å². The molecule has 1 rings (SSSR count). The smallest absolute Gasteiger partial charge is 0.0147 e. The lowest BCUT2D eigenvalue weighted by molar-refractivity contribution is 0.513. The Balaban J connectivity index is 2.61. The summed E-state index contributed by atoms with van der Waals surface area (Å²) in [5.74, 6) is 0.675. The van der Waals surface area contributed by atoms with Gasteiger partial charge in [0, 0.05) is 12.2 Å². The van der Waals surface area contributed by atoms with Gasteiger partial charge in [0.25, 0.3) is 0 Å². The Labute approximate surface area is 113 Å². The van der Waals surface area contributed by atoms with Gasteiger partial charge in [-0.3, -0.25) is 0 Å². The van der Waals surface area contributed by atoms with Crippen molar-refractivity contribution in [2.45, 2.75) is 59.3 Å². The van der Waals surface area contributed by atoms with Gasteiger partial charge in [-0.25, -0.2) is 0 Å². The molecule has 0 saturated heterocycles. The Hall–Kier alpha value is -0.980. The van der Waals surface area contributed by atoms with E-state index in [-0.39, 0.29) is 0 Å². The van der Waals surface area contributed by atoms with Crippen LogP contribution in [-0.4, -0.2) is 6.54 Å². The number of allylic oxidation sites excluding steroid dienone is 5. The SMILES string of the molecule is C=C(/C=C\C1=C(C)NCCC1)C(CCC)CCC. The summed E-state index contributed by atoms with van der Waals surface area (Å²) in [5, 5.41) is 3.43. The zero-order valence-electron chi connectivity index (χ0n) is 12.4. The van der Waals surface area contributed by atoms with Crippen molar-refractivity contribution < 1.29 is 0 Å². The molecule has 1 heteroatoms. The van der Waals surface area contributed by atoms with Gasteiger partial charge >= 0.3 is 0 Å². The molecule has 0 aliphatic carbocycles. The van der Waals surface area contributed by atoms with E-state index in [9.17, 15) is 0 Å². The van der Waals surface area contributed by atoms with Crippen LogP contribution in [0.1, 0.15) is 59.3 Å². The van der Waals surface area contributed by atoms with Gasteiger partial charge in [-0.2, -0.15) is 0 Å². The number of hydrogen-bond acceptors (Lipinski definition) is 1. The van der Waals surface area contributed by atoms with Crippen LogP contribution in [0.5, 0.6) is 0 Å². The van der Waals surface area contributed by atoms with Gasteiger partial charge in [0.2, 0.25) is 0 Å². The van der Waals surface area contributed by atoms with Crippen LogP contribution in [0.3, 0.4) is 0 Å². The number of hydrogen-bond donors (Lipinski definition) is 1.